The smallest absolute Gasteiger partial charge is 0.253 e. The second-order valence-electron chi connectivity index (χ2n) is 4.91. The van der Waals surface area contributed by atoms with Gasteiger partial charge in [-0.3, -0.25) is 4.79 Å². The standard InChI is InChI=1S/C16H12Cl2N2O3/c1-23-10-3-5-15(21)11(7-10)14-8-16(22)20(19-14)9-2-4-12(17)13(18)6-9/h2-7,21H,8H2,1H3. The van der Waals surface area contributed by atoms with Crippen LogP contribution in [0.5, 0.6) is 11.5 Å². The van der Waals surface area contributed by atoms with Crippen LogP contribution in [-0.2, 0) is 4.79 Å². The Hall–Kier alpha value is -2.24. The van der Waals surface area contributed by atoms with Crippen LogP contribution >= 0.6 is 23.2 Å². The summed E-state index contributed by atoms with van der Waals surface area (Å²) in [6.07, 6.45) is 0.0704. The molecule has 0 spiro atoms. The number of hydrogen-bond donors (Lipinski definition) is 1. The van der Waals surface area contributed by atoms with Gasteiger partial charge in [-0.15, -0.1) is 0 Å². The Morgan fingerprint density at radius 1 is 1.17 bits per heavy atom. The summed E-state index contributed by atoms with van der Waals surface area (Å²) in [6, 6.07) is 9.60. The van der Waals surface area contributed by atoms with Gasteiger partial charge in [-0.25, -0.2) is 5.01 Å². The van der Waals surface area contributed by atoms with E-state index in [2.05, 4.69) is 5.10 Å². The van der Waals surface area contributed by atoms with Crippen molar-refractivity contribution in [3.63, 3.8) is 0 Å². The van der Waals surface area contributed by atoms with E-state index in [4.69, 9.17) is 27.9 Å². The molecule has 118 valence electrons. The van der Waals surface area contributed by atoms with E-state index in [1.165, 1.54) is 18.2 Å². The van der Waals surface area contributed by atoms with Crippen LogP contribution in [-0.4, -0.2) is 23.8 Å². The summed E-state index contributed by atoms with van der Waals surface area (Å²) in [5.41, 5.74) is 1.43. The van der Waals surface area contributed by atoms with Crippen molar-refractivity contribution in [3.05, 3.63) is 52.0 Å². The minimum Gasteiger partial charge on any atom is -0.507 e. The molecule has 0 aromatic heterocycles. The first kappa shape index (κ1) is 15.6. The van der Waals surface area contributed by atoms with Crippen LogP contribution < -0.4 is 9.75 Å². The van der Waals surface area contributed by atoms with Crippen LogP contribution in [0, 0.1) is 0 Å². The zero-order valence-electron chi connectivity index (χ0n) is 12.1. The molecule has 0 fully saturated rings. The second kappa shape index (κ2) is 6.10. The number of benzene rings is 2. The average Bonchev–Trinajstić information content (AvgIpc) is 2.92. The van der Waals surface area contributed by atoms with E-state index < -0.39 is 0 Å². The zero-order chi connectivity index (χ0) is 16.6. The van der Waals surface area contributed by atoms with Gasteiger partial charge in [0.25, 0.3) is 5.91 Å². The number of phenols is 1. The van der Waals surface area contributed by atoms with Gasteiger partial charge in [0.15, 0.2) is 0 Å². The lowest BCUT2D eigenvalue weighted by molar-refractivity contribution is -0.116. The van der Waals surface area contributed by atoms with Crippen LogP contribution in [0.2, 0.25) is 10.0 Å². The number of hydrogen-bond acceptors (Lipinski definition) is 4. The number of phenolic OH excluding ortho intramolecular Hbond substituents is 1. The summed E-state index contributed by atoms with van der Waals surface area (Å²) in [5.74, 6) is 0.384. The third kappa shape index (κ3) is 2.98. The molecule has 0 atom stereocenters. The van der Waals surface area contributed by atoms with Gasteiger partial charge in [0.1, 0.15) is 11.5 Å². The molecule has 1 amide bonds. The van der Waals surface area contributed by atoms with Gasteiger partial charge < -0.3 is 9.84 Å². The summed E-state index contributed by atoms with van der Waals surface area (Å²) in [6.45, 7) is 0. The van der Waals surface area contributed by atoms with Crippen molar-refractivity contribution < 1.29 is 14.6 Å². The minimum absolute atomic E-state index is 0.0355. The molecule has 0 unspecified atom stereocenters. The van der Waals surface area contributed by atoms with Gasteiger partial charge in [-0.1, -0.05) is 23.2 Å². The summed E-state index contributed by atoms with van der Waals surface area (Å²) in [7, 11) is 1.53. The Balaban J connectivity index is 2.00. The van der Waals surface area contributed by atoms with Crippen LogP contribution in [0.15, 0.2) is 41.5 Å². The number of rotatable bonds is 3. The predicted molar refractivity (Wildman–Crippen MR) is 89.8 cm³/mol. The molecule has 1 heterocycles. The topological polar surface area (TPSA) is 62.1 Å². The lowest BCUT2D eigenvalue weighted by Gasteiger charge is -2.12. The zero-order valence-corrected chi connectivity index (χ0v) is 13.6. The van der Waals surface area contributed by atoms with E-state index in [0.29, 0.717) is 32.8 Å². The van der Waals surface area contributed by atoms with Crippen molar-refractivity contribution in [2.45, 2.75) is 6.42 Å². The Morgan fingerprint density at radius 3 is 2.65 bits per heavy atom. The quantitative estimate of drug-likeness (QED) is 0.914. The van der Waals surface area contributed by atoms with Crippen LogP contribution in [0.4, 0.5) is 5.69 Å². The number of amides is 1. The van der Waals surface area contributed by atoms with E-state index in [1.807, 2.05) is 0 Å². The number of carbonyl (C=O) groups excluding carboxylic acids is 1. The molecule has 0 saturated carbocycles. The molecule has 5 nitrogen and oxygen atoms in total. The highest BCUT2D eigenvalue weighted by Gasteiger charge is 2.28. The van der Waals surface area contributed by atoms with E-state index in [0.717, 1.165) is 0 Å². The maximum atomic E-state index is 12.2. The van der Waals surface area contributed by atoms with Crippen molar-refractivity contribution >= 4 is 40.5 Å². The van der Waals surface area contributed by atoms with Crippen LogP contribution in [0.1, 0.15) is 12.0 Å². The number of aromatic hydroxyl groups is 1. The van der Waals surface area contributed by atoms with E-state index in [-0.39, 0.29) is 18.1 Å². The van der Waals surface area contributed by atoms with E-state index in [9.17, 15) is 9.90 Å². The maximum Gasteiger partial charge on any atom is 0.253 e. The third-order valence-corrected chi connectivity index (χ3v) is 4.18. The van der Waals surface area contributed by atoms with E-state index in [1.54, 1.807) is 30.3 Å². The summed E-state index contributed by atoms with van der Waals surface area (Å²) in [5, 5.41) is 16.3. The minimum atomic E-state index is -0.222. The Bertz CT molecular complexity index is 821. The van der Waals surface area contributed by atoms with Gasteiger partial charge in [-0.2, -0.15) is 5.10 Å². The molecule has 2 aromatic rings. The molecule has 0 saturated heterocycles. The van der Waals surface area contributed by atoms with Crippen molar-refractivity contribution in [3.8, 4) is 11.5 Å². The average molecular weight is 351 g/mol. The lowest BCUT2D eigenvalue weighted by atomic mass is 10.1. The third-order valence-electron chi connectivity index (χ3n) is 3.44. The predicted octanol–water partition coefficient (Wildman–Crippen LogP) is 3.85. The van der Waals surface area contributed by atoms with Crippen LogP contribution in [0.25, 0.3) is 0 Å². The fraction of sp³-hybridized carbons (Fsp3) is 0.125. The maximum absolute atomic E-state index is 12.2. The molecule has 3 rings (SSSR count). The summed E-state index contributed by atoms with van der Waals surface area (Å²) < 4.78 is 5.14. The van der Waals surface area contributed by atoms with Crippen molar-refractivity contribution in [2.75, 3.05) is 12.1 Å². The molecule has 0 bridgehead atoms. The number of ether oxygens (including phenoxy) is 1. The number of methoxy groups -OCH3 is 1. The summed E-state index contributed by atoms with van der Waals surface area (Å²) >= 11 is 11.9. The number of anilines is 1. The lowest BCUT2D eigenvalue weighted by Crippen LogP contribution is -2.19. The highest BCUT2D eigenvalue weighted by atomic mass is 35.5. The Kier molecular flexibility index (Phi) is 4.15. The van der Waals surface area contributed by atoms with Crippen molar-refractivity contribution in [1.82, 2.24) is 0 Å². The molecular formula is C16H12Cl2N2O3. The number of nitrogens with zero attached hydrogens (tertiary/aromatic N) is 2. The first-order valence-electron chi connectivity index (χ1n) is 6.72. The van der Waals surface area contributed by atoms with Gasteiger partial charge in [-0.05, 0) is 36.4 Å². The molecule has 2 aromatic carbocycles. The SMILES string of the molecule is COc1ccc(O)c(C2=NN(c3ccc(Cl)c(Cl)c3)C(=O)C2)c1. The first-order chi connectivity index (χ1) is 11.0. The molecule has 7 heteroatoms. The highest BCUT2D eigenvalue weighted by molar-refractivity contribution is 6.42. The van der Waals surface area contributed by atoms with Crippen molar-refractivity contribution in [2.24, 2.45) is 5.10 Å². The van der Waals surface area contributed by atoms with Gasteiger partial charge in [0, 0.05) is 5.56 Å². The second-order valence-corrected chi connectivity index (χ2v) is 5.72. The Morgan fingerprint density at radius 2 is 1.96 bits per heavy atom. The van der Waals surface area contributed by atoms with E-state index >= 15 is 0 Å². The fourth-order valence-corrected chi connectivity index (χ4v) is 2.56. The monoisotopic (exact) mass is 350 g/mol. The van der Waals surface area contributed by atoms with Crippen molar-refractivity contribution in [1.29, 1.82) is 0 Å². The van der Waals surface area contributed by atoms with Crippen LogP contribution in [0.3, 0.4) is 0 Å². The number of halogens is 2. The molecule has 0 aliphatic carbocycles. The molecule has 1 aliphatic rings. The molecule has 1 aliphatic heterocycles. The largest absolute Gasteiger partial charge is 0.507 e. The number of hydrazone groups is 1. The van der Waals surface area contributed by atoms with Gasteiger partial charge in [0.05, 0.1) is 35.0 Å². The van der Waals surface area contributed by atoms with Gasteiger partial charge in [0.2, 0.25) is 0 Å². The molecule has 23 heavy (non-hydrogen) atoms. The fourth-order valence-electron chi connectivity index (χ4n) is 2.27. The molecule has 1 N–H and O–H groups in total. The normalized spacial score (nSPS) is 14.1. The van der Waals surface area contributed by atoms with Gasteiger partial charge >= 0.3 is 0 Å². The molecular weight excluding hydrogens is 339 g/mol. The Labute approximate surface area is 142 Å². The summed E-state index contributed by atoms with van der Waals surface area (Å²) in [4.78, 5) is 12.2. The first-order valence-corrected chi connectivity index (χ1v) is 7.48. The number of carbonyl (C=O) groups is 1. The molecule has 0 radical (unpaired) electrons. The highest BCUT2D eigenvalue weighted by Crippen LogP contribution is 2.32.